The standard InChI is InChI=1S/C37H52N8O10S2/c1-36(2,51)30-22-39-42-45(30)26-21-29(34(49)41-37(31(46)32(38)47)14-18-56(52,53)19-15-37)44(23-26)35(50)28(20-24-8-4-3-5-9-24)40-33(48)25-10-12-27(13-11-25)57(54,55)43-16-6-7-17-43/h10-13,22,24,26,28-29,51H,3-9,14-21,23H2,1-2H3,(H2,38,47)(H,40,48)(H,41,49)/t26?,28-,29?/m1/s1. The van der Waals surface area contributed by atoms with Crippen molar-refractivity contribution in [1.82, 2.24) is 34.8 Å². The van der Waals surface area contributed by atoms with E-state index in [-0.39, 0.29) is 35.8 Å². The zero-order valence-electron chi connectivity index (χ0n) is 32.3. The second-order valence-corrected chi connectivity index (χ2v) is 20.6. The Balaban J connectivity index is 1.31. The predicted molar refractivity (Wildman–Crippen MR) is 204 cm³/mol. The second kappa shape index (κ2) is 16.5. The third-order valence-electron chi connectivity index (χ3n) is 11.8. The molecule has 2 aromatic rings. The van der Waals surface area contributed by atoms with Crippen LogP contribution in [-0.2, 0) is 44.6 Å². The number of Topliss-reactive ketones (excluding diaryl/α,β-unsaturated/α-hetero) is 1. The van der Waals surface area contributed by atoms with E-state index in [1.165, 1.54) is 58.2 Å². The minimum Gasteiger partial charge on any atom is -0.384 e. The number of ketones is 1. The van der Waals surface area contributed by atoms with Crippen molar-refractivity contribution in [2.24, 2.45) is 11.7 Å². The number of rotatable bonds is 13. The lowest BCUT2D eigenvalue weighted by Gasteiger charge is -2.37. The lowest BCUT2D eigenvalue weighted by Crippen LogP contribution is -2.64. The van der Waals surface area contributed by atoms with Gasteiger partial charge in [-0.3, -0.25) is 24.0 Å². The monoisotopic (exact) mass is 832 g/mol. The zero-order chi connectivity index (χ0) is 41.3. The van der Waals surface area contributed by atoms with Crippen LogP contribution in [0.4, 0.5) is 0 Å². The summed E-state index contributed by atoms with van der Waals surface area (Å²) < 4.78 is 53.8. The first-order valence-electron chi connectivity index (χ1n) is 19.5. The fourth-order valence-electron chi connectivity index (χ4n) is 8.56. The molecule has 0 spiro atoms. The highest BCUT2D eigenvalue weighted by molar-refractivity contribution is 7.91. The van der Waals surface area contributed by atoms with Gasteiger partial charge >= 0.3 is 0 Å². The van der Waals surface area contributed by atoms with Crippen molar-refractivity contribution < 1.29 is 45.9 Å². The first-order chi connectivity index (χ1) is 26.8. The molecule has 20 heteroatoms. The molecule has 4 aliphatic rings. The Morgan fingerprint density at radius 3 is 2.23 bits per heavy atom. The van der Waals surface area contributed by atoms with Gasteiger partial charge in [0.15, 0.2) is 9.84 Å². The summed E-state index contributed by atoms with van der Waals surface area (Å²) in [4.78, 5) is 69.9. The van der Waals surface area contributed by atoms with Crippen LogP contribution < -0.4 is 16.4 Å². The topological polar surface area (TPSA) is 261 Å². The van der Waals surface area contributed by atoms with Gasteiger partial charge in [0.05, 0.1) is 34.3 Å². The zero-order valence-corrected chi connectivity index (χ0v) is 33.9. The SMILES string of the molecule is CC(C)(O)c1cnnn1C1CC(C(=O)NC2(C(=O)C(N)=O)CCS(=O)(=O)CC2)N(C(=O)[C@@H](CC2CCCCC2)NC(=O)c2ccc(S(=O)(=O)N3CCCC3)cc2)C1. The number of nitrogens with zero attached hydrogens (tertiary/aromatic N) is 5. The maximum atomic E-state index is 14.9. The smallest absolute Gasteiger partial charge is 0.287 e. The molecule has 0 radical (unpaired) electrons. The van der Waals surface area contributed by atoms with E-state index < -0.39 is 103 Å². The van der Waals surface area contributed by atoms with Crippen molar-refractivity contribution in [2.75, 3.05) is 31.1 Å². The van der Waals surface area contributed by atoms with Crippen molar-refractivity contribution in [3.63, 3.8) is 0 Å². The fourth-order valence-corrected chi connectivity index (χ4v) is 11.6. The van der Waals surface area contributed by atoms with Crippen LogP contribution in [-0.4, -0.2) is 124 Å². The molecule has 6 rings (SSSR count). The van der Waals surface area contributed by atoms with Gasteiger partial charge in [-0.05, 0) is 76.1 Å². The molecule has 18 nitrogen and oxygen atoms in total. The number of likely N-dealkylation sites (tertiary alicyclic amines) is 1. The molecule has 1 saturated carbocycles. The van der Waals surface area contributed by atoms with E-state index in [2.05, 4.69) is 20.9 Å². The Bertz CT molecular complexity index is 2070. The number of amides is 4. The summed E-state index contributed by atoms with van der Waals surface area (Å²) in [5, 5.41) is 24.5. The fraction of sp³-hybridized carbons (Fsp3) is 0.649. The van der Waals surface area contributed by atoms with Gasteiger partial charge in [0.25, 0.3) is 11.8 Å². The Morgan fingerprint density at radius 2 is 1.63 bits per heavy atom. The molecule has 3 atom stereocenters. The molecule has 1 aliphatic carbocycles. The second-order valence-electron chi connectivity index (χ2n) is 16.3. The number of benzene rings is 1. The van der Waals surface area contributed by atoms with Gasteiger partial charge in [-0.25, -0.2) is 21.5 Å². The third kappa shape index (κ3) is 9.23. The van der Waals surface area contributed by atoms with E-state index in [1.54, 1.807) is 0 Å². The van der Waals surface area contributed by atoms with Crippen LogP contribution in [0.3, 0.4) is 0 Å². The van der Waals surface area contributed by atoms with Gasteiger partial charge in [-0.15, -0.1) is 5.10 Å². The lowest BCUT2D eigenvalue weighted by molar-refractivity contribution is -0.145. The molecular formula is C37H52N8O10S2. The lowest BCUT2D eigenvalue weighted by atomic mass is 9.84. The molecule has 4 heterocycles. The normalized spacial score (nSPS) is 23.5. The largest absolute Gasteiger partial charge is 0.384 e. The first-order valence-corrected chi connectivity index (χ1v) is 22.8. The van der Waals surface area contributed by atoms with Crippen molar-refractivity contribution in [1.29, 1.82) is 0 Å². The summed E-state index contributed by atoms with van der Waals surface area (Å²) in [6, 6.07) is 2.38. The molecule has 1 aromatic carbocycles. The summed E-state index contributed by atoms with van der Waals surface area (Å²) in [7, 11) is -7.29. The number of aromatic nitrogens is 3. The maximum absolute atomic E-state index is 14.9. The number of carbonyl (C=O) groups is 5. The van der Waals surface area contributed by atoms with Crippen molar-refractivity contribution in [3.05, 3.63) is 41.7 Å². The molecule has 1 aromatic heterocycles. The average molecular weight is 833 g/mol. The van der Waals surface area contributed by atoms with Crippen molar-refractivity contribution in [3.8, 4) is 0 Å². The highest BCUT2D eigenvalue weighted by atomic mass is 32.2. The van der Waals surface area contributed by atoms with Crippen LogP contribution in [0.2, 0.25) is 0 Å². The molecule has 5 N–H and O–H groups in total. The first kappa shape index (κ1) is 42.3. The molecule has 312 valence electrons. The van der Waals surface area contributed by atoms with E-state index in [4.69, 9.17) is 5.73 Å². The van der Waals surface area contributed by atoms with Crippen LogP contribution in [0.1, 0.15) is 107 Å². The minimum absolute atomic E-state index is 0.0504. The Labute approximate surface area is 332 Å². The van der Waals surface area contributed by atoms with Gasteiger partial charge in [0.2, 0.25) is 27.6 Å². The molecule has 4 fully saturated rings. The predicted octanol–water partition coefficient (Wildman–Crippen LogP) is 0.319. The number of hydrogen-bond donors (Lipinski definition) is 4. The molecule has 0 bridgehead atoms. The summed E-state index contributed by atoms with van der Waals surface area (Å²) in [6.45, 7) is 3.79. The Kier molecular flexibility index (Phi) is 12.3. The number of primary amides is 1. The number of carbonyl (C=O) groups excluding carboxylic acids is 5. The number of hydrogen-bond acceptors (Lipinski definition) is 12. The van der Waals surface area contributed by atoms with Gasteiger partial charge in [0.1, 0.15) is 23.2 Å². The molecule has 57 heavy (non-hydrogen) atoms. The van der Waals surface area contributed by atoms with Gasteiger partial charge in [-0.2, -0.15) is 4.31 Å². The average Bonchev–Trinajstić information content (AvgIpc) is 3.97. The molecule has 2 unspecified atom stereocenters. The summed E-state index contributed by atoms with van der Waals surface area (Å²) in [5.41, 5.74) is 2.48. The van der Waals surface area contributed by atoms with E-state index in [9.17, 15) is 45.9 Å². The van der Waals surface area contributed by atoms with Crippen molar-refractivity contribution >= 4 is 49.3 Å². The summed E-state index contributed by atoms with van der Waals surface area (Å²) >= 11 is 0. The number of nitrogens with one attached hydrogen (secondary N) is 2. The van der Waals surface area contributed by atoms with Crippen molar-refractivity contribution in [2.45, 2.75) is 119 Å². The quantitative estimate of drug-likeness (QED) is 0.199. The van der Waals surface area contributed by atoms with Gasteiger partial charge < -0.3 is 26.4 Å². The number of aliphatic hydroxyl groups is 1. The Hall–Kier alpha value is -4.27. The summed E-state index contributed by atoms with van der Waals surface area (Å²) in [6.07, 6.45) is 6.89. The van der Waals surface area contributed by atoms with Crippen LogP contribution in [0.5, 0.6) is 0 Å². The van der Waals surface area contributed by atoms with E-state index in [0.717, 1.165) is 44.9 Å². The Morgan fingerprint density at radius 1 is 1.00 bits per heavy atom. The molecule has 3 aliphatic heterocycles. The minimum atomic E-state index is -3.73. The van der Waals surface area contributed by atoms with Crippen LogP contribution >= 0.6 is 0 Å². The van der Waals surface area contributed by atoms with E-state index >= 15 is 0 Å². The van der Waals surface area contributed by atoms with Crippen LogP contribution in [0.25, 0.3) is 0 Å². The maximum Gasteiger partial charge on any atom is 0.287 e. The number of sulfonamides is 1. The van der Waals surface area contributed by atoms with Crippen LogP contribution in [0, 0.1) is 5.92 Å². The number of nitrogens with two attached hydrogens (primary N) is 1. The van der Waals surface area contributed by atoms with Gasteiger partial charge in [0, 0.05) is 31.6 Å². The number of sulfone groups is 1. The highest BCUT2D eigenvalue weighted by Crippen LogP contribution is 2.35. The molecule has 4 amide bonds. The molecule has 3 saturated heterocycles. The van der Waals surface area contributed by atoms with E-state index in [0.29, 0.717) is 18.8 Å². The van der Waals surface area contributed by atoms with E-state index in [1.807, 2.05) is 0 Å². The highest BCUT2D eigenvalue weighted by Gasteiger charge is 2.51. The van der Waals surface area contributed by atoms with Crippen LogP contribution in [0.15, 0.2) is 35.4 Å². The molecular weight excluding hydrogens is 781 g/mol. The third-order valence-corrected chi connectivity index (χ3v) is 15.4. The summed E-state index contributed by atoms with van der Waals surface area (Å²) in [5.74, 6) is -5.43. The van der Waals surface area contributed by atoms with Gasteiger partial charge in [-0.1, -0.05) is 37.3 Å².